The van der Waals surface area contributed by atoms with Gasteiger partial charge in [-0.2, -0.15) is 0 Å². The third kappa shape index (κ3) is 3.16. The summed E-state index contributed by atoms with van der Waals surface area (Å²) in [5.74, 6) is 6.53. The molecule has 1 aliphatic rings. The van der Waals surface area contributed by atoms with Gasteiger partial charge in [0.15, 0.2) is 0 Å². The predicted octanol–water partition coefficient (Wildman–Crippen LogP) is 1.80. The molecular formula is C17H19N3. The molecule has 0 atom stereocenters. The maximum absolute atomic E-state index is 4.51. The molecule has 0 radical (unpaired) electrons. The minimum Gasteiger partial charge on any atom is -0.314 e. The Morgan fingerprint density at radius 3 is 2.90 bits per heavy atom. The van der Waals surface area contributed by atoms with Crippen LogP contribution < -0.4 is 5.32 Å². The van der Waals surface area contributed by atoms with Gasteiger partial charge in [0.1, 0.15) is 0 Å². The van der Waals surface area contributed by atoms with E-state index >= 15 is 0 Å². The Balaban J connectivity index is 1.72. The number of aromatic nitrogens is 1. The SMILES string of the molecule is Cc1ccc2cc(C#CCN3CCNCC3)ccc2n1. The van der Waals surface area contributed by atoms with E-state index in [0.29, 0.717) is 0 Å². The number of fused-ring (bicyclic) bond motifs is 1. The van der Waals surface area contributed by atoms with Crippen LogP contribution in [0.5, 0.6) is 0 Å². The predicted molar refractivity (Wildman–Crippen MR) is 82.7 cm³/mol. The number of aryl methyl sites for hydroxylation is 1. The summed E-state index contributed by atoms with van der Waals surface area (Å²) >= 11 is 0. The largest absolute Gasteiger partial charge is 0.314 e. The third-order valence-corrected chi connectivity index (χ3v) is 3.57. The lowest BCUT2D eigenvalue weighted by Gasteiger charge is -2.24. The summed E-state index contributed by atoms with van der Waals surface area (Å²) in [5, 5.41) is 4.51. The summed E-state index contributed by atoms with van der Waals surface area (Å²) in [6, 6.07) is 10.4. The van der Waals surface area contributed by atoms with Crippen molar-refractivity contribution in [3.05, 3.63) is 41.6 Å². The highest BCUT2D eigenvalue weighted by atomic mass is 15.2. The van der Waals surface area contributed by atoms with Crippen LogP contribution in [-0.2, 0) is 0 Å². The van der Waals surface area contributed by atoms with Crippen LogP contribution in [0.1, 0.15) is 11.3 Å². The van der Waals surface area contributed by atoms with Gasteiger partial charge in [0.2, 0.25) is 0 Å². The standard InChI is InChI=1S/C17H19N3/c1-14-4-6-16-13-15(5-7-17(16)19-14)3-2-10-20-11-8-18-9-12-20/h4-7,13,18H,8-12H2,1H3. The van der Waals surface area contributed by atoms with Crippen molar-refractivity contribution in [2.75, 3.05) is 32.7 Å². The molecule has 0 aliphatic carbocycles. The lowest BCUT2D eigenvalue weighted by atomic mass is 10.1. The second-order valence-electron chi connectivity index (χ2n) is 5.19. The van der Waals surface area contributed by atoms with Crippen LogP contribution in [-0.4, -0.2) is 42.6 Å². The Morgan fingerprint density at radius 2 is 2.05 bits per heavy atom. The van der Waals surface area contributed by atoms with Gasteiger partial charge in [-0.1, -0.05) is 17.9 Å². The molecular weight excluding hydrogens is 246 g/mol. The molecule has 0 amide bonds. The van der Waals surface area contributed by atoms with Gasteiger partial charge in [-0.25, -0.2) is 0 Å². The zero-order chi connectivity index (χ0) is 13.8. The first kappa shape index (κ1) is 13.1. The number of hydrogen-bond acceptors (Lipinski definition) is 3. The summed E-state index contributed by atoms with van der Waals surface area (Å²) in [6.07, 6.45) is 0. The van der Waals surface area contributed by atoms with E-state index in [2.05, 4.69) is 51.3 Å². The summed E-state index contributed by atoms with van der Waals surface area (Å²) in [6.45, 7) is 7.20. The Kier molecular flexibility index (Phi) is 3.96. The Hall–Kier alpha value is -1.89. The quantitative estimate of drug-likeness (QED) is 0.797. The van der Waals surface area contributed by atoms with E-state index in [9.17, 15) is 0 Å². The number of nitrogens with zero attached hydrogens (tertiary/aromatic N) is 2. The van der Waals surface area contributed by atoms with Crippen molar-refractivity contribution in [2.24, 2.45) is 0 Å². The zero-order valence-corrected chi connectivity index (χ0v) is 11.8. The van der Waals surface area contributed by atoms with Crippen LogP contribution in [0.4, 0.5) is 0 Å². The van der Waals surface area contributed by atoms with E-state index < -0.39 is 0 Å². The summed E-state index contributed by atoms with van der Waals surface area (Å²) in [7, 11) is 0. The van der Waals surface area contributed by atoms with Crippen LogP contribution in [0.3, 0.4) is 0 Å². The molecule has 20 heavy (non-hydrogen) atoms. The molecule has 3 rings (SSSR count). The van der Waals surface area contributed by atoms with Crippen molar-refractivity contribution in [1.82, 2.24) is 15.2 Å². The molecule has 1 saturated heterocycles. The molecule has 0 spiro atoms. The van der Waals surface area contributed by atoms with Gasteiger partial charge in [0, 0.05) is 42.8 Å². The molecule has 1 aromatic carbocycles. The van der Waals surface area contributed by atoms with Crippen molar-refractivity contribution < 1.29 is 0 Å². The summed E-state index contributed by atoms with van der Waals surface area (Å²) < 4.78 is 0. The average molecular weight is 265 g/mol. The van der Waals surface area contributed by atoms with Crippen LogP contribution in [0, 0.1) is 18.8 Å². The average Bonchev–Trinajstić information content (AvgIpc) is 2.48. The van der Waals surface area contributed by atoms with Crippen LogP contribution in [0.15, 0.2) is 30.3 Å². The normalized spacial score (nSPS) is 15.8. The van der Waals surface area contributed by atoms with Crippen LogP contribution in [0.2, 0.25) is 0 Å². The lowest BCUT2D eigenvalue weighted by Crippen LogP contribution is -2.43. The highest BCUT2D eigenvalue weighted by molar-refractivity contribution is 5.80. The van der Waals surface area contributed by atoms with Gasteiger partial charge >= 0.3 is 0 Å². The first-order chi connectivity index (χ1) is 9.81. The van der Waals surface area contributed by atoms with Crippen molar-refractivity contribution in [1.29, 1.82) is 0 Å². The molecule has 1 N–H and O–H groups in total. The number of nitrogens with one attached hydrogen (secondary N) is 1. The molecule has 102 valence electrons. The maximum Gasteiger partial charge on any atom is 0.0706 e. The smallest absolute Gasteiger partial charge is 0.0706 e. The Bertz CT molecular complexity index is 661. The third-order valence-electron chi connectivity index (χ3n) is 3.57. The van der Waals surface area contributed by atoms with E-state index in [1.54, 1.807) is 0 Å². The molecule has 0 unspecified atom stereocenters. The zero-order valence-electron chi connectivity index (χ0n) is 11.8. The number of piperazine rings is 1. The number of benzene rings is 1. The van der Waals surface area contributed by atoms with E-state index in [0.717, 1.165) is 54.9 Å². The fourth-order valence-corrected chi connectivity index (χ4v) is 2.43. The van der Waals surface area contributed by atoms with E-state index in [1.807, 2.05) is 13.0 Å². The van der Waals surface area contributed by atoms with E-state index in [-0.39, 0.29) is 0 Å². The fraction of sp³-hybridized carbons (Fsp3) is 0.353. The Labute approximate surface area is 120 Å². The number of pyridine rings is 1. The number of rotatable bonds is 1. The highest BCUT2D eigenvalue weighted by Crippen LogP contribution is 2.14. The number of hydrogen-bond donors (Lipinski definition) is 1. The van der Waals surface area contributed by atoms with Crippen molar-refractivity contribution >= 4 is 10.9 Å². The molecule has 3 nitrogen and oxygen atoms in total. The lowest BCUT2D eigenvalue weighted by molar-refractivity contribution is 0.268. The second-order valence-corrected chi connectivity index (χ2v) is 5.19. The van der Waals surface area contributed by atoms with Crippen molar-refractivity contribution in [3.63, 3.8) is 0 Å². The van der Waals surface area contributed by atoms with Gasteiger partial charge in [-0.05, 0) is 31.2 Å². The Morgan fingerprint density at radius 1 is 1.20 bits per heavy atom. The second kappa shape index (κ2) is 6.04. The molecule has 0 saturated carbocycles. The van der Waals surface area contributed by atoms with Gasteiger partial charge in [-0.15, -0.1) is 0 Å². The van der Waals surface area contributed by atoms with E-state index in [4.69, 9.17) is 0 Å². The molecule has 2 heterocycles. The molecule has 0 bridgehead atoms. The molecule has 2 aromatic rings. The monoisotopic (exact) mass is 265 g/mol. The van der Waals surface area contributed by atoms with Crippen LogP contribution in [0.25, 0.3) is 10.9 Å². The van der Waals surface area contributed by atoms with Gasteiger partial charge in [0.25, 0.3) is 0 Å². The summed E-state index contributed by atoms with van der Waals surface area (Å²) in [5.41, 5.74) is 3.16. The maximum atomic E-state index is 4.51. The first-order valence-electron chi connectivity index (χ1n) is 7.11. The first-order valence-corrected chi connectivity index (χ1v) is 7.11. The molecule has 1 aliphatic heterocycles. The highest BCUT2D eigenvalue weighted by Gasteiger charge is 2.06. The van der Waals surface area contributed by atoms with Gasteiger partial charge in [0.05, 0.1) is 12.1 Å². The minimum absolute atomic E-state index is 0.853. The van der Waals surface area contributed by atoms with Crippen LogP contribution >= 0.6 is 0 Å². The van der Waals surface area contributed by atoms with Crippen molar-refractivity contribution in [3.8, 4) is 11.8 Å². The van der Waals surface area contributed by atoms with E-state index in [1.165, 1.54) is 0 Å². The summed E-state index contributed by atoms with van der Waals surface area (Å²) in [4.78, 5) is 6.89. The minimum atomic E-state index is 0.853. The van der Waals surface area contributed by atoms with Gasteiger partial charge in [-0.3, -0.25) is 9.88 Å². The fourth-order valence-electron chi connectivity index (χ4n) is 2.43. The molecule has 1 fully saturated rings. The molecule has 1 aromatic heterocycles. The van der Waals surface area contributed by atoms with Gasteiger partial charge < -0.3 is 5.32 Å². The molecule has 3 heteroatoms. The van der Waals surface area contributed by atoms with Crippen molar-refractivity contribution in [2.45, 2.75) is 6.92 Å². The topological polar surface area (TPSA) is 28.2 Å².